The van der Waals surface area contributed by atoms with Crippen molar-refractivity contribution in [3.8, 4) is 0 Å². The zero-order valence-corrected chi connectivity index (χ0v) is 10.6. The monoisotopic (exact) mass is 243 g/mol. The van der Waals surface area contributed by atoms with Crippen LogP contribution in [0, 0.1) is 4.91 Å². The second kappa shape index (κ2) is 7.61. The van der Waals surface area contributed by atoms with Gasteiger partial charge in [-0.1, -0.05) is 38.5 Å². The average Bonchev–Trinajstić information content (AvgIpc) is 2.38. The zero-order chi connectivity index (χ0) is 11.2. The van der Waals surface area contributed by atoms with Gasteiger partial charge >= 0.3 is 0 Å². The lowest BCUT2D eigenvalue weighted by molar-refractivity contribution is -0.225. The maximum atomic E-state index is 10.4. The third-order valence-electron chi connectivity index (χ3n) is 4.00. The van der Waals surface area contributed by atoms with Crippen LogP contribution >= 0.6 is 0 Å². The van der Waals surface area contributed by atoms with E-state index >= 15 is 0 Å². The second-order valence-corrected chi connectivity index (χ2v) is 5.10. The van der Waals surface area contributed by atoms with Gasteiger partial charge in [0, 0.05) is 12.1 Å². The number of hydrogen-bond acceptors (Lipinski definition) is 5. The van der Waals surface area contributed by atoms with Gasteiger partial charge in [0.25, 0.3) is 0 Å². The topological polar surface area (TPSA) is 76.9 Å². The molecule has 0 aromatic heterocycles. The average molecular weight is 243 g/mol. The highest BCUT2D eigenvalue weighted by Crippen LogP contribution is 2.30. The lowest BCUT2D eigenvalue weighted by Crippen LogP contribution is -2.44. The molecule has 0 spiro atoms. The highest BCUT2D eigenvalue weighted by atomic mass is 16.9. The molecule has 2 fully saturated rings. The van der Waals surface area contributed by atoms with Gasteiger partial charge in [-0.15, -0.1) is 9.97 Å². The second-order valence-electron chi connectivity index (χ2n) is 5.10. The molecule has 2 aliphatic carbocycles. The van der Waals surface area contributed by atoms with Crippen LogP contribution in [-0.4, -0.2) is 17.1 Å². The lowest BCUT2D eigenvalue weighted by atomic mass is 9.90. The zero-order valence-electron chi connectivity index (χ0n) is 10.6. The Morgan fingerprint density at radius 2 is 1.24 bits per heavy atom. The van der Waals surface area contributed by atoms with Gasteiger partial charge in [0.1, 0.15) is 0 Å². The molecule has 2 aliphatic rings. The molecule has 2 rings (SSSR count). The highest BCUT2D eigenvalue weighted by Gasteiger charge is 2.31. The molecule has 5 heteroatoms. The molecule has 0 atom stereocenters. The fraction of sp³-hybridized carbons (Fsp3) is 1.00. The van der Waals surface area contributed by atoms with E-state index in [1.54, 1.807) is 0 Å². The largest absolute Gasteiger partial charge is 0.344 e. The van der Waals surface area contributed by atoms with Crippen LogP contribution in [-0.2, 0) is 4.94 Å². The van der Waals surface area contributed by atoms with Crippen LogP contribution in [0.25, 0.3) is 0 Å². The van der Waals surface area contributed by atoms with Crippen LogP contribution < -0.4 is 6.15 Å². The van der Waals surface area contributed by atoms with E-state index in [0.717, 1.165) is 25.7 Å². The fourth-order valence-corrected chi connectivity index (χ4v) is 3.14. The first-order valence-corrected chi connectivity index (χ1v) is 6.70. The fourth-order valence-electron chi connectivity index (χ4n) is 3.14. The van der Waals surface area contributed by atoms with E-state index in [1.165, 1.54) is 38.5 Å². The molecule has 0 bridgehead atoms. The maximum absolute atomic E-state index is 10.4. The minimum Gasteiger partial charge on any atom is -0.344 e. The van der Waals surface area contributed by atoms with E-state index in [4.69, 9.17) is 4.94 Å². The molecule has 100 valence electrons. The van der Waals surface area contributed by atoms with Gasteiger partial charge in [0.2, 0.25) is 0 Å². The van der Waals surface area contributed by atoms with Crippen LogP contribution in [0.4, 0.5) is 0 Å². The van der Waals surface area contributed by atoms with Gasteiger partial charge in [-0.2, -0.15) is 0 Å². The van der Waals surface area contributed by atoms with Crippen molar-refractivity contribution in [3.63, 3.8) is 0 Å². The van der Waals surface area contributed by atoms with Crippen molar-refractivity contribution in [1.82, 2.24) is 11.2 Å². The Kier molecular flexibility index (Phi) is 6.44. The van der Waals surface area contributed by atoms with Gasteiger partial charge in [-0.25, -0.2) is 0 Å². The molecule has 5 nitrogen and oxygen atoms in total. The van der Waals surface area contributed by atoms with Crippen molar-refractivity contribution in [3.05, 3.63) is 4.91 Å². The third kappa shape index (κ3) is 3.92. The summed E-state index contributed by atoms with van der Waals surface area (Å²) in [6.07, 6.45) is 12.3. The standard InChI is InChI=1S/C12H22N2O2.H3N/c15-13-16-14(11-7-3-1-4-8-11)12-9-5-2-6-10-12;/h11-12H,1-10H2;1H3. The Bertz CT molecular complexity index is 196. The molecule has 0 heterocycles. The van der Waals surface area contributed by atoms with Gasteiger partial charge in [-0.05, 0) is 25.7 Å². The molecule has 0 aromatic rings. The van der Waals surface area contributed by atoms with E-state index in [0.29, 0.717) is 12.1 Å². The lowest BCUT2D eigenvalue weighted by Gasteiger charge is -2.37. The van der Waals surface area contributed by atoms with E-state index in [1.807, 2.05) is 5.06 Å². The first-order chi connectivity index (χ1) is 7.92. The highest BCUT2D eigenvalue weighted by molar-refractivity contribution is 4.79. The summed E-state index contributed by atoms with van der Waals surface area (Å²) in [6.45, 7) is 0. The Morgan fingerprint density at radius 1 is 0.824 bits per heavy atom. The summed E-state index contributed by atoms with van der Waals surface area (Å²) >= 11 is 0. The summed E-state index contributed by atoms with van der Waals surface area (Å²) in [7, 11) is 0. The SMILES string of the molecule is N.O=NON(C1CCCCC1)C1CCCCC1. The van der Waals surface area contributed by atoms with Crippen LogP contribution in [0.2, 0.25) is 0 Å². The number of nitrogens with zero attached hydrogens (tertiary/aromatic N) is 2. The molecule has 0 aromatic carbocycles. The van der Waals surface area contributed by atoms with Crippen LogP contribution in [0.15, 0.2) is 5.34 Å². The Morgan fingerprint density at radius 3 is 1.59 bits per heavy atom. The summed E-state index contributed by atoms with van der Waals surface area (Å²) in [5, 5.41) is 4.58. The van der Waals surface area contributed by atoms with Crippen molar-refractivity contribution in [2.45, 2.75) is 76.3 Å². The van der Waals surface area contributed by atoms with E-state index in [2.05, 4.69) is 5.34 Å². The number of rotatable bonds is 4. The van der Waals surface area contributed by atoms with Crippen LogP contribution in [0.5, 0.6) is 0 Å². The van der Waals surface area contributed by atoms with E-state index in [-0.39, 0.29) is 6.15 Å². The molecular weight excluding hydrogens is 218 g/mol. The molecule has 0 aliphatic heterocycles. The van der Waals surface area contributed by atoms with Crippen molar-refractivity contribution >= 4 is 0 Å². The summed E-state index contributed by atoms with van der Waals surface area (Å²) in [5.41, 5.74) is 0. The molecule has 0 radical (unpaired) electrons. The predicted octanol–water partition coefficient (Wildman–Crippen LogP) is 3.73. The smallest absolute Gasteiger partial charge is 0.176 e. The minimum absolute atomic E-state index is 0. The summed E-state index contributed by atoms with van der Waals surface area (Å²) in [6, 6.07) is 0.851. The molecule has 17 heavy (non-hydrogen) atoms. The molecule has 0 amide bonds. The number of hydrogen-bond donors (Lipinski definition) is 1. The Labute approximate surface area is 103 Å². The van der Waals surface area contributed by atoms with E-state index in [9.17, 15) is 4.91 Å². The first kappa shape index (κ1) is 14.4. The number of hydroxylamine groups is 2. The minimum atomic E-state index is 0. The van der Waals surface area contributed by atoms with Crippen LogP contribution in [0.1, 0.15) is 64.2 Å². The quantitative estimate of drug-likeness (QED) is 0.603. The Hall–Kier alpha value is -0.680. The molecule has 3 N–H and O–H groups in total. The maximum Gasteiger partial charge on any atom is 0.176 e. The van der Waals surface area contributed by atoms with Gasteiger partial charge < -0.3 is 6.15 Å². The van der Waals surface area contributed by atoms with Gasteiger partial charge in [-0.3, -0.25) is 4.94 Å². The third-order valence-corrected chi connectivity index (χ3v) is 4.00. The van der Waals surface area contributed by atoms with Gasteiger partial charge in [0.15, 0.2) is 5.34 Å². The van der Waals surface area contributed by atoms with Crippen molar-refractivity contribution in [1.29, 1.82) is 0 Å². The normalized spacial score (nSPS) is 23.1. The molecular formula is C12H25N3O2. The summed E-state index contributed by atoms with van der Waals surface area (Å²) < 4.78 is 0. The summed E-state index contributed by atoms with van der Waals surface area (Å²) in [5.74, 6) is 0. The van der Waals surface area contributed by atoms with Crippen molar-refractivity contribution in [2.75, 3.05) is 0 Å². The van der Waals surface area contributed by atoms with E-state index < -0.39 is 0 Å². The van der Waals surface area contributed by atoms with Gasteiger partial charge in [0.05, 0.1) is 0 Å². The predicted molar refractivity (Wildman–Crippen MR) is 67.5 cm³/mol. The van der Waals surface area contributed by atoms with Crippen molar-refractivity contribution < 1.29 is 4.94 Å². The van der Waals surface area contributed by atoms with Crippen molar-refractivity contribution in [2.24, 2.45) is 5.34 Å². The summed E-state index contributed by atoms with van der Waals surface area (Å²) in [4.78, 5) is 15.4. The molecule has 0 unspecified atom stereocenters. The van der Waals surface area contributed by atoms with Crippen LogP contribution in [0.3, 0.4) is 0 Å². The first-order valence-electron chi connectivity index (χ1n) is 6.70. The Balaban J connectivity index is 0.00000144. The molecule has 2 saturated carbocycles. The molecule has 0 saturated heterocycles.